The van der Waals surface area contributed by atoms with Crippen molar-refractivity contribution in [2.75, 3.05) is 19.3 Å². The summed E-state index contributed by atoms with van der Waals surface area (Å²) in [4.78, 5) is 29.2. The molecule has 2 aromatic rings. The fourth-order valence-electron chi connectivity index (χ4n) is 3.23. The molecule has 1 saturated heterocycles. The number of amides is 3. The smallest absolute Gasteiger partial charge is 0.312 e. The molecule has 0 spiro atoms. The highest BCUT2D eigenvalue weighted by Crippen LogP contribution is 2.23. The maximum absolute atomic E-state index is 12.8. The van der Waals surface area contributed by atoms with E-state index < -0.39 is 12.1 Å². The van der Waals surface area contributed by atoms with Gasteiger partial charge in [-0.05, 0) is 24.3 Å². The van der Waals surface area contributed by atoms with Crippen LogP contribution in [0.4, 0.5) is 4.79 Å². The Bertz CT molecular complexity index is 745. The molecule has 1 aliphatic rings. The Morgan fingerprint density at radius 1 is 1.46 bits per heavy atom. The van der Waals surface area contributed by atoms with Crippen LogP contribution in [0.2, 0.25) is 0 Å². The van der Waals surface area contributed by atoms with Crippen LogP contribution in [0.5, 0.6) is 0 Å². The third-order valence-corrected chi connectivity index (χ3v) is 5.56. The summed E-state index contributed by atoms with van der Waals surface area (Å²) in [5.41, 5.74) is 7.31. The number of thioether (sulfide) groups is 1. The van der Waals surface area contributed by atoms with E-state index in [0.717, 1.165) is 36.0 Å². The quantitative estimate of drug-likeness (QED) is 0.770. The van der Waals surface area contributed by atoms with Gasteiger partial charge in [-0.2, -0.15) is 11.8 Å². The van der Waals surface area contributed by atoms with Crippen molar-refractivity contribution in [1.82, 2.24) is 15.2 Å². The van der Waals surface area contributed by atoms with Crippen LogP contribution in [0.1, 0.15) is 12.0 Å². The maximum atomic E-state index is 12.8. The summed E-state index contributed by atoms with van der Waals surface area (Å²) in [6.07, 6.45) is 5.36. The summed E-state index contributed by atoms with van der Waals surface area (Å²) in [6, 6.07) is 6.60. The SMILES string of the molecule is CSC1CCN(C(=O)C(Cc2c[nH]c3ccccc23)NC(N)=O)C1. The summed E-state index contributed by atoms with van der Waals surface area (Å²) in [5, 5.41) is 4.15. The Labute approximate surface area is 145 Å². The van der Waals surface area contributed by atoms with Crippen LogP contribution in [-0.2, 0) is 11.2 Å². The molecule has 0 saturated carbocycles. The molecule has 7 heteroatoms. The second kappa shape index (κ2) is 7.17. The van der Waals surface area contributed by atoms with Gasteiger partial charge < -0.3 is 20.9 Å². The number of nitrogens with two attached hydrogens (primary N) is 1. The molecule has 3 rings (SSSR count). The van der Waals surface area contributed by atoms with Crippen molar-refractivity contribution in [2.45, 2.75) is 24.1 Å². The van der Waals surface area contributed by atoms with Crippen LogP contribution in [-0.4, -0.2) is 52.5 Å². The highest BCUT2D eigenvalue weighted by molar-refractivity contribution is 7.99. The number of fused-ring (bicyclic) bond motifs is 1. The lowest BCUT2D eigenvalue weighted by molar-refractivity contribution is -0.132. The topological polar surface area (TPSA) is 91.2 Å². The van der Waals surface area contributed by atoms with E-state index in [9.17, 15) is 9.59 Å². The summed E-state index contributed by atoms with van der Waals surface area (Å²) in [5.74, 6) is -0.0596. The fourth-order valence-corrected chi connectivity index (χ4v) is 3.90. The number of para-hydroxylation sites is 1. The largest absolute Gasteiger partial charge is 0.361 e. The Morgan fingerprint density at radius 3 is 2.96 bits per heavy atom. The normalized spacial score (nSPS) is 18.7. The molecule has 1 aliphatic heterocycles. The Hall–Kier alpha value is -2.15. The molecule has 1 aromatic heterocycles. The second-order valence-corrected chi connectivity index (χ2v) is 7.19. The first-order valence-electron chi connectivity index (χ1n) is 8.01. The first kappa shape index (κ1) is 16.7. The lowest BCUT2D eigenvalue weighted by Gasteiger charge is -2.23. The second-order valence-electron chi connectivity index (χ2n) is 6.06. The van der Waals surface area contributed by atoms with Crippen molar-refractivity contribution in [3.05, 3.63) is 36.0 Å². The van der Waals surface area contributed by atoms with Gasteiger partial charge in [-0.1, -0.05) is 18.2 Å². The molecule has 6 nitrogen and oxygen atoms in total. The van der Waals surface area contributed by atoms with Gasteiger partial charge in [0.25, 0.3) is 0 Å². The van der Waals surface area contributed by atoms with Crippen LogP contribution in [0.15, 0.2) is 30.5 Å². The van der Waals surface area contributed by atoms with E-state index >= 15 is 0 Å². The molecular weight excluding hydrogens is 324 g/mol. The predicted octanol–water partition coefficient (Wildman–Crippen LogP) is 1.71. The van der Waals surface area contributed by atoms with E-state index in [1.807, 2.05) is 35.4 Å². The van der Waals surface area contributed by atoms with Crippen LogP contribution in [0, 0.1) is 0 Å². The van der Waals surface area contributed by atoms with Crippen molar-refractivity contribution in [1.29, 1.82) is 0 Å². The predicted molar refractivity (Wildman–Crippen MR) is 97.0 cm³/mol. The Kier molecular flexibility index (Phi) is 4.99. The molecule has 3 amide bonds. The molecular formula is C17H22N4O2S. The zero-order chi connectivity index (χ0) is 17.1. The molecule has 1 aromatic carbocycles. The monoisotopic (exact) mass is 346 g/mol. The van der Waals surface area contributed by atoms with Gasteiger partial charge in [-0.3, -0.25) is 4.79 Å². The van der Waals surface area contributed by atoms with Gasteiger partial charge >= 0.3 is 6.03 Å². The van der Waals surface area contributed by atoms with E-state index in [2.05, 4.69) is 16.6 Å². The van der Waals surface area contributed by atoms with Gasteiger partial charge in [-0.15, -0.1) is 0 Å². The summed E-state index contributed by atoms with van der Waals surface area (Å²) in [7, 11) is 0. The van der Waals surface area contributed by atoms with Crippen molar-refractivity contribution >= 4 is 34.6 Å². The minimum Gasteiger partial charge on any atom is -0.361 e. The molecule has 4 N–H and O–H groups in total. The van der Waals surface area contributed by atoms with Gasteiger partial charge in [0.05, 0.1) is 0 Å². The molecule has 0 aliphatic carbocycles. The fraction of sp³-hybridized carbons (Fsp3) is 0.412. The number of primary amides is 1. The van der Waals surface area contributed by atoms with Gasteiger partial charge in [0.15, 0.2) is 0 Å². The molecule has 2 unspecified atom stereocenters. The van der Waals surface area contributed by atoms with Crippen molar-refractivity contribution < 1.29 is 9.59 Å². The number of hydrogen-bond acceptors (Lipinski definition) is 3. The van der Waals surface area contributed by atoms with E-state index in [1.165, 1.54) is 0 Å². The molecule has 24 heavy (non-hydrogen) atoms. The molecule has 2 heterocycles. The first-order valence-corrected chi connectivity index (χ1v) is 9.30. The highest BCUT2D eigenvalue weighted by Gasteiger charge is 2.31. The third-order valence-electron chi connectivity index (χ3n) is 4.50. The van der Waals surface area contributed by atoms with E-state index in [4.69, 9.17) is 5.73 Å². The Balaban J connectivity index is 1.79. The lowest BCUT2D eigenvalue weighted by atomic mass is 10.0. The zero-order valence-corrected chi connectivity index (χ0v) is 14.4. The van der Waals surface area contributed by atoms with E-state index in [-0.39, 0.29) is 5.91 Å². The molecule has 128 valence electrons. The standard InChI is InChI=1S/C17H22N4O2S/c1-24-12-6-7-21(10-12)16(22)15(20-17(18)23)8-11-9-19-14-5-3-2-4-13(11)14/h2-5,9,12,15,19H,6-8,10H2,1H3,(H3,18,20,23). The van der Waals surface area contributed by atoms with Crippen molar-refractivity contribution in [3.63, 3.8) is 0 Å². The zero-order valence-electron chi connectivity index (χ0n) is 13.6. The van der Waals surface area contributed by atoms with Crippen LogP contribution >= 0.6 is 11.8 Å². The van der Waals surface area contributed by atoms with Gasteiger partial charge in [-0.25, -0.2) is 4.79 Å². The molecule has 1 fully saturated rings. The number of aromatic amines is 1. The number of benzene rings is 1. The van der Waals surface area contributed by atoms with Crippen LogP contribution < -0.4 is 11.1 Å². The van der Waals surface area contributed by atoms with Crippen LogP contribution in [0.3, 0.4) is 0 Å². The van der Waals surface area contributed by atoms with Crippen molar-refractivity contribution in [2.24, 2.45) is 5.73 Å². The highest BCUT2D eigenvalue weighted by atomic mass is 32.2. The maximum Gasteiger partial charge on any atom is 0.312 e. The van der Waals surface area contributed by atoms with Gasteiger partial charge in [0.2, 0.25) is 5.91 Å². The van der Waals surface area contributed by atoms with Gasteiger partial charge in [0.1, 0.15) is 6.04 Å². The molecule has 2 atom stereocenters. The third kappa shape index (κ3) is 3.51. The average molecular weight is 346 g/mol. The number of hydrogen-bond donors (Lipinski definition) is 3. The first-order chi connectivity index (χ1) is 11.6. The number of aromatic nitrogens is 1. The molecule has 0 radical (unpaired) electrons. The minimum atomic E-state index is -0.672. The van der Waals surface area contributed by atoms with E-state index in [0.29, 0.717) is 11.7 Å². The molecule has 0 bridgehead atoms. The number of carbonyl (C=O) groups is 2. The number of H-pyrrole nitrogens is 1. The number of nitrogens with one attached hydrogen (secondary N) is 2. The number of nitrogens with zero attached hydrogens (tertiary/aromatic N) is 1. The summed E-state index contributed by atoms with van der Waals surface area (Å²) < 4.78 is 0. The van der Waals surface area contributed by atoms with Crippen LogP contribution in [0.25, 0.3) is 10.9 Å². The average Bonchev–Trinajstić information content (AvgIpc) is 3.20. The summed E-state index contributed by atoms with van der Waals surface area (Å²) in [6.45, 7) is 1.46. The van der Waals surface area contributed by atoms with Gasteiger partial charge in [0, 0.05) is 41.9 Å². The number of rotatable bonds is 5. The lowest BCUT2D eigenvalue weighted by Crippen LogP contribution is -2.50. The Morgan fingerprint density at radius 2 is 2.25 bits per heavy atom. The van der Waals surface area contributed by atoms with E-state index in [1.54, 1.807) is 11.8 Å². The number of likely N-dealkylation sites (tertiary alicyclic amines) is 1. The van der Waals surface area contributed by atoms with Crippen molar-refractivity contribution in [3.8, 4) is 0 Å². The minimum absolute atomic E-state index is 0.0596. The number of urea groups is 1. The number of carbonyl (C=O) groups excluding carboxylic acids is 2. The summed E-state index contributed by atoms with van der Waals surface area (Å²) >= 11 is 1.78.